The van der Waals surface area contributed by atoms with Gasteiger partial charge in [0.2, 0.25) is 0 Å². The molecule has 0 radical (unpaired) electrons. The molecule has 1 amide bonds. The Kier molecular flexibility index (Phi) is 2.81. The molecule has 1 aliphatic rings. The van der Waals surface area contributed by atoms with Crippen LogP contribution in [0.3, 0.4) is 0 Å². The van der Waals surface area contributed by atoms with Crippen molar-refractivity contribution in [3.8, 4) is 11.5 Å². The van der Waals surface area contributed by atoms with Crippen LogP contribution in [0.25, 0.3) is 0 Å². The largest absolute Gasteiger partial charge is 0.486 e. The predicted molar refractivity (Wildman–Crippen MR) is 60.9 cm³/mol. The van der Waals surface area contributed by atoms with E-state index in [9.17, 15) is 4.79 Å². The van der Waals surface area contributed by atoms with E-state index >= 15 is 0 Å². The second kappa shape index (κ2) is 4.26. The summed E-state index contributed by atoms with van der Waals surface area (Å²) in [5, 5.41) is 2.72. The third kappa shape index (κ3) is 2.16. The van der Waals surface area contributed by atoms with Crippen molar-refractivity contribution in [2.45, 2.75) is 6.92 Å². The topological polar surface area (TPSA) is 47.6 Å². The van der Waals surface area contributed by atoms with Gasteiger partial charge < -0.3 is 14.8 Å². The number of hydrogen-bond acceptors (Lipinski definition) is 3. The number of fused-ring (bicyclic) bond motifs is 1. The molecule has 1 N–H and O–H groups in total. The first-order valence-electron chi connectivity index (χ1n) is 5.03. The molecule has 84 valence electrons. The molecule has 4 nitrogen and oxygen atoms in total. The molecule has 0 aliphatic carbocycles. The lowest BCUT2D eigenvalue weighted by Crippen LogP contribution is -2.16. The van der Waals surface area contributed by atoms with Crippen LogP contribution >= 0.6 is 0 Å². The first-order chi connectivity index (χ1) is 7.66. The molecule has 0 aromatic heterocycles. The standard InChI is InChI=1S/C12H13NO3/c1-8(2)12(14)13-9-3-4-10-11(7-9)16-6-5-15-10/h3-4,7H,1,5-6H2,2H3,(H,13,14). The highest BCUT2D eigenvalue weighted by Gasteiger charge is 2.12. The molecule has 0 fully saturated rings. The molecule has 0 saturated heterocycles. The molecule has 1 aromatic carbocycles. The highest BCUT2D eigenvalue weighted by molar-refractivity contribution is 6.02. The molecule has 4 heteroatoms. The maximum Gasteiger partial charge on any atom is 0.250 e. The van der Waals surface area contributed by atoms with Crippen molar-refractivity contribution in [2.24, 2.45) is 0 Å². The fourth-order valence-electron chi connectivity index (χ4n) is 1.36. The quantitative estimate of drug-likeness (QED) is 0.773. The Balaban J connectivity index is 2.17. The van der Waals surface area contributed by atoms with Gasteiger partial charge in [-0.25, -0.2) is 0 Å². The number of ether oxygens (including phenoxy) is 2. The third-order valence-electron chi connectivity index (χ3n) is 2.19. The highest BCUT2D eigenvalue weighted by Crippen LogP contribution is 2.32. The van der Waals surface area contributed by atoms with E-state index in [1.54, 1.807) is 25.1 Å². The van der Waals surface area contributed by atoms with Crippen LogP contribution in [0.4, 0.5) is 5.69 Å². The van der Waals surface area contributed by atoms with Crippen LogP contribution in [0.2, 0.25) is 0 Å². The second-order valence-corrected chi connectivity index (χ2v) is 3.59. The molecule has 1 heterocycles. The molecule has 0 bridgehead atoms. The Morgan fingerprint density at radius 3 is 2.69 bits per heavy atom. The van der Waals surface area contributed by atoms with E-state index in [4.69, 9.17) is 9.47 Å². The lowest BCUT2D eigenvalue weighted by atomic mass is 10.2. The third-order valence-corrected chi connectivity index (χ3v) is 2.19. The zero-order valence-electron chi connectivity index (χ0n) is 9.08. The summed E-state index contributed by atoms with van der Waals surface area (Å²) in [6.07, 6.45) is 0. The van der Waals surface area contributed by atoms with E-state index in [0.29, 0.717) is 36.0 Å². The molecular formula is C12H13NO3. The summed E-state index contributed by atoms with van der Waals surface area (Å²) in [7, 11) is 0. The molecular weight excluding hydrogens is 206 g/mol. The van der Waals surface area contributed by atoms with Gasteiger partial charge in [-0.3, -0.25) is 4.79 Å². The fourth-order valence-corrected chi connectivity index (χ4v) is 1.36. The Hall–Kier alpha value is -1.97. The van der Waals surface area contributed by atoms with Crippen molar-refractivity contribution in [2.75, 3.05) is 18.5 Å². The minimum absolute atomic E-state index is 0.198. The molecule has 1 aliphatic heterocycles. The van der Waals surface area contributed by atoms with Crippen LogP contribution in [0.5, 0.6) is 11.5 Å². The molecule has 1 aromatic rings. The van der Waals surface area contributed by atoms with Gasteiger partial charge in [0.05, 0.1) is 0 Å². The average Bonchev–Trinajstić information content (AvgIpc) is 2.28. The van der Waals surface area contributed by atoms with Crippen molar-refractivity contribution in [3.05, 3.63) is 30.4 Å². The smallest absolute Gasteiger partial charge is 0.250 e. The maximum absolute atomic E-state index is 11.4. The highest BCUT2D eigenvalue weighted by atomic mass is 16.6. The summed E-state index contributed by atoms with van der Waals surface area (Å²) < 4.78 is 10.8. The molecule has 0 atom stereocenters. The van der Waals surface area contributed by atoms with Crippen molar-refractivity contribution in [3.63, 3.8) is 0 Å². The maximum atomic E-state index is 11.4. The number of amides is 1. The van der Waals surface area contributed by atoms with Crippen LogP contribution < -0.4 is 14.8 Å². The summed E-state index contributed by atoms with van der Waals surface area (Å²) in [4.78, 5) is 11.4. The minimum atomic E-state index is -0.198. The summed E-state index contributed by atoms with van der Waals surface area (Å²) in [6, 6.07) is 5.30. The molecule has 0 spiro atoms. The van der Waals surface area contributed by atoms with Gasteiger partial charge in [-0.1, -0.05) is 6.58 Å². The van der Waals surface area contributed by atoms with Gasteiger partial charge >= 0.3 is 0 Å². The number of anilines is 1. The minimum Gasteiger partial charge on any atom is -0.486 e. The van der Waals surface area contributed by atoms with E-state index < -0.39 is 0 Å². The van der Waals surface area contributed by atoms with Crippen LogP contribution in [-0.4, -0.2) is 19.1 Å². The van der Waals surface area contributed by atoms with Crippen molar-refractivity contribution in [1.29, 1.82) is 0 Å². The van der Waals surface area contributed by atoms with Gasteiger partial charge in [0.25, 0.3) is 5.91 Å². The summed E-state index contributed by atoms with van der Waals surface area (Å²) in [5.41, 5.74) is 1.15. The van der Waals surface area contributed by atoms with Gasteiger partial charge in [-0.15, -0.1) is 0 Å². The molecule has 0 unspecified atom stereocenters. The second-order valence-electron chi connectivity index (χ2n) is 3.59. The Bertz CT molecular complexity index is 440. The first kappa shape index (κ1) is 10.5. The zero-order chi connectivity index (χ0) is 11.5. The number of benzene rings is 1. The van der Waals surface area contributed by atoms with Gasteiger partial charge in [0.1, 0.15) is 13.2 Å². The SMILES string of the molecule is C=C(C)C(=O)Nc1ccc2c(c1)OCCO2. The summed E-state index contributed by atoms with van der Waals surface area (Å²) >= 11 is 0. The zero-order valence-corrected chi connectivity index (χ0v) is 9.08. The molecule has 2 rings (SSSR count). The van der Waals surface area contributed by atoms with Crippen LogP contribution in [-0.2, 0) is 4.79 Å². The number of carbonyl (C=O) groups is 1. The molecule has 0 saturated carbocycles. The van der Waals surface area contributed by atoms with E-state index in [2.05, 4.69) is 11.9 Å². The number of nitrogens with one attached hydrogen (secondary N) is 1. The predicted octanol–water partition coefficient (Wildman–Crippen LogP) is 1.97. The molecule has 16 heavy (non-hydrogen) atoms. The number of rotatable bonds is 2. The lowest BCUT2D eigenvalue weighted by Gasteiger charge is -2.18. The van der Waals surface area contributed by atoms with Crippen LogP contribution in [0.15, 0.2) is 30.4 Å². The summed E-state index contributed by atoms with van der Waals surface area (Å²) in [5.74, 6) is 1.17. The van der Waals surface area contributed by atoms with Gasteiger partial charge in [-0.2, -0.15) is 0 Å². The van der Waals surface area contributed by atoms with Gasteiger partial charge in [-0.05, 0) is 19.1 Å². The first-order valence-corrected chi connectivity index (χ1v) is 5.03. The Morgan fingerprint density at radius 1 is 1.31 bits per heavy atom. The Morgan fingerprint density at radius 2 is 2.00 bits per heavy atom. The van der Waals surface area contributed by atoms with E-state index in [1.807, 2.05) is 0 Å². The van der Waals surface area contributed by atoms with Crippen molar-refractivity contribution >= 4 is 11.6 Å². The van der Waals surface area contributed by atoms with E-state index in [0.717, 1.165) is 0 Å². The fraction of sp³-hybridized carbons (Fsp3) is 0.250. The summed E-state index contributed by atoms with van der Waals surface area (Å²) in [6.45, 7) is 6.32. The van der Waals surface area contributed by atoms with E-state index in [-0.39, 0.29) is 5.91 Å². The Labute approximate surface area is 93.9 Å². The number of hydrogen-bond donors (Lipinski definition) is 1. The van der Waals surface area contributed by atoms with E-state index in [1.165, 1.54) is 0 Å². The monoisotopic (exact) mass is 219 g/mol. The lowest BCUT2D eigenvalue weighted by molar-refractivity contribution is -0.112. The van der Waals surface area contributed by atoms with Crippen molar-refractivity contribution in [1.82, 2.24) is 0 Å². The average molecular weight is 219 g/mol. The van der Waals surface area contributed by atoms with Gasteiger partial charge in [0.15, 0.2) is 11.5 Å². The van der Waals surface area contributed by atoms with Gasteiger partial charge in [0, 0.05) is 17.3 Å². The van der Waals surface area contributed by atoms with Crippen molar-refractivity contribution < 1.29 is 14.3 Å². The van der Waals surface area contributed by atoms with Crippen LogP contribution in [0.1, 0.15) is 6.92 Å². The number of carbonyl (C=O) groups excluding carboxylic acids is 1. The normalized spacial score (nSPS) is 13.1. The van der Waals surface area contributed by atoms with Crippen LogP contribution in [0, 0.1) is 0 Å².